The van der Waals surface area contributed by atoms with E-state index in [9.17, 15) is 41.9 Å². The lowest BCUT2D eigenvalue weighted by molar-refractivity contribution is -0.134. The van der Waals surface area contributed by atoms with Crippen LogP contribution in [0.4, 0.5) is 13.2 Å². The number of hydrogen-bond donors (Lipinski definition) is 6. The third-order valence-corrected chi connectivity index (χ3v) is 26.2. The fourth-order valence-electron chi connectivity index (χ4n) is 19.1. The largest absolute Gasteiger partial charge is 0.385 e. The molecule has 0 unspecified atom stereocenters. The minimum atomic E-state index is -0.392. The molecule has 0 radical (unpaired) electrons. The number of imidazole rings is 6. The van der Waals surface area contributed by atoms with Gasteiger partial charge in [-0.1, -0.05) is 109 Å². The number of para-hydroxylation sites is 6. The molecule has 3 fully saturated rings. The standard InChI is InChI=1S/2C34H38FN5O3.C27H34BrN3O2.C7H5FN2O.C4H12N2/c1-23(19-24-10-13-27(14-11-24)40-31-15-12-26(35)21-29(31)37-34(40)42)20-32(41)38-16-5-7-25(22-38)33-36-28-8-3-4-9-30(28)39(33)17-6-18-43-2;1-23(19-24-10-13-27(14-11-24)40-31-21-26(35)12-15-29(31)37-34(40)42)20-32(41)38-16-5-7-25(22-38)33-36-28-8-3-4-9-30(28)39(33)17-6-18-43-2;1-20(17-21-10-12-23(28)13-11-21)18-26(32)30-14-5-7-22(19-30)27-29-24-8-3-4-9-25(24)31(27)15-6-16-33-2;8-4-1-2-5-6(3-4)10-7(11)9-5;1-5-3-4-6-2/h2*3-4,8-15,21,23,25H,5-7,16-20,22H2,1-2H3,(H,37,42);3-4,8-13,20,22H,5-7,14-19H2,1-2H3;1-3H,(H2,9,10,11);5-6H,3-4H2,1-2H3/t2*23-,25-;20-,22-;;/m111../s1. The summed E-state index contributed by atoms with van der Waals surface area (Å²) < 4.78 is 66.9. The van der Waals surface area contributed by atoms with E-state index in [2.05, 4.69) is 165 Å². The Bertz CT molecular complexity index is 6650. The first-order valence-corrected chi connectivity index (χ1v) is 48.4. The van der Waals surface area contributed by atoms with Crippen molar-refractivity contribution >= 4 is 99.9 Å². The number of rotatable bonds is 32. The number of carbonyl (C=O) groups is 3. The van der Waals surface area contributed by atoms with Gasteiger partial charge >= 0.3 is 17.1 Å². The lowest BCUT2D eigenvalue weighted by Crippen LogP contribution is -2.40. The highest BCUT2D eigenvalue weighted by Gasteiger charge is 2.34. The Morgan fingerprint density at radius 1 is 0.412 bits per heavy atom. The number of likely N-dealkylation sites (N-methyl/N-ethyl adjacent to an activating group) is 2. The molecule has 3 aliphatic heterocycles. The Kier molecular flexibility index (Phi) is 35.5. The second-order valence-corrected chi connectivity index (χ2v) is 37.2. The molecular weight excluding hydrogens is 1790 g/mol. The van der Waals surface area contributed by atoms with Crippen LogP contribution in [-0.4, -0.2) is 198 Å². The molecule has 0 aliphatic carbocycles. The highest BCUT2D eigenvalue weighted by molar-refractivity contribution is 9.10. The Labute approximate surface area is 798 Å². The van der Waals surface area contributed by atoms with Crippen molar-refractivity contribution in [1.29, 1.82) is 0 Å². The zero-order valence-corrected chi connectivity index (χ0v) is 80.7. The summed E-state index contributed by atoms with van der Waals surface area (Å²) in [6.45, 7) is 17.8. The van der Waals surface area contributed by atoms with Gasteiger partial charge in [0.15, 0.2) is 0 Å². The molecule has 26 nitrogen and oxygen atoms in total. The predicted octanol–water partition coefficient (Wildman–Crippen LogP) is 17.9. The maximum atomic E-state index is 13.8. The van der Waals surface area contributed by atoms with Gasteiger partial charge in [-0.15, -0.1) is 0 Å². The zero-order valence-electron chi connectivity index (χ0n) is 79.1. The lowest BCUT2D eigenvalue weighted by Gasteiger charge is -2.33. The Morgan fingerprint density at radius 2 is 0.757 bits per heavy atom. The second-order valence-electron chi connectivity index (χ2n) is 36.2. The molecule has 9 aromatic carbocycles. The van der Waals surface area contributed by atoms with E-state index < -0.39 is 11.6 Å². The van der Waals surface area contributed by atoms with Crippen molar-refractivity contribution in [3.8, 4) is 11.4 Å². The molecule has 6 aromatic heterocycles. The first-order chi connectivity index (χ1) is 66.0. The summed E-state index contributed by atoms with van der Waals surface area (Å²) >= 11 is 3.49. The predicted molar refractivity (Wildman–Crippen MR) is 535 cm³/mol. The Morgan fingerprint density at radius 3 is 1.15 bits per heavy atom. The van der Waals surface area contributed by atoms with Crippen molar-refractivity contribution in [2.75, 3.05) is 108 Å². The summed E-state index contributed by atoms with van der Waals surface area (Å²) in [7, 11) is 9.08. The SMILES string of the molecule is CNCCNC.COCCCn1c([C@@H]2CCCN(C(=O)C[C@H](C)Cc3ccc(-n4c(=O)[nH]c5cc(F)ccc54)cc3)C2)nc2ccccc21.COCCCn1c([C@@H]2CCCN(C(=O)C[C@H](C)Cc3ccc(-n4c(=O)[nH]c5ccc(F)cc54)cc3)C2)nc2ccccc21.COCCCn1c([C@@H]2CCCN(C(=O)C[C@H](C)Cc3ccc(Br)cc3)C2)nc2ccccc21.O=c1[nH]c2ccc(F)cc2[nH]1. The minimum absolute atomic E-state index is 0.155. The number of carbonyl (C=O) groups excluding carboxylic acids is 3. The summed E-state index contributed by atoms with van der Waals surface area (Å²) in [6, 6.07) is 61.4. The van der Waals surface area contributed by atoms with Gasteiger partial charge in [0.05, 0.1) is 77.6 Å². The molecule has 3 saturated heterocycles. The summed E-state index contributed by atoms with van der Waals surface area (Å²) in [4.78, 5) is 107. The van der Waals surface area contributed by atoms with Crippen LogP contribution in [0.2, 0.25) is 0 Å². The maximum absolute atomic E-state index is 13.8. The third kappa shape index (κ3) is 25.9. The first-order valence-electron chi connectivity index (χ1n) is 47.6. The molecule has 136 heavy (non-hydrogen) atoms. The minimum Gasteiger partial charge on any atom is -0.385 e. The number of piperidine rings is 3. The molecule has 718 valence electrons. The number of fused-ring (bicyclic) bond motifs is 6. The number of amides is 3. The van der Waals surface area contributed by atoms with Crippen LogP contribution in [0, 0.1) is 35.2 Å². The number of ether oxygens (including phenoxy) is 3. The molecule has 3 aliphatic rings. The smallest absolute Gasteiger partial charge is 0.331 e. The van der Waals surface area contributed by atoms with Crippen LogP contribution < -0.4 is 27.7 Å². The van der Waals surface area contributed by atoms with Crippen LogP contribution in [0.25, 0.3) is 77.6 Å². The van der Waals surface area contributed by atoms with Crippen LogP contribution >= 0.6 is 15.9 Å². The van der Waals surface area contributed by atoms with E-state index >= 15 is 0 Å². The molecular formula is C106H127BrF3N17O9. The topological polar surface area (TPSA) is 290 Å². The van der Waals surface area contributed by atoms with Gasteiger partial charge < -0.3 is 73.2 Å². The third-order valence-electron chi connectivity index (χ3n) is 25.7. The van der Waals surface area contributed by atoms with E-state index in [1.54, 1.807) is 38.0 Å². The number of benzene rings is 9. The van der Waals surface area contributed by atoms with Gasteiger partial charge in [0.25, 0.3) is 0 Å². The molecule has 15 aromatic rings. The zero-order chi connectivity index (χ0) is 95.7. The average molecular weight is 1920 g/mol. The summed E-state index contributed by atoms with van der Waals surface area (Å²) in [5.41, 5.74) is 13.7. The van der Waals surface area contributed by atoms with Gasteiger partial charge in [-0.3, -0.25) is 23.5 Å². The lowest BCUT2D eigenvalue weighted by atomic mass is 9.94. The summed E-state index contributed by atoms with van der Waals surface area (Å²) in [6.07, 6.45) is 12.8. The molecule has 9 heterocycles. The monoisotopic (exact) mass is 1920 g/mol. The van der Waals surface area contributed by atoms with E-state index in [1.165, 1.54) is 58.1 Å². The molecule has 0 bridgehead atoms. The molecule has 18 rings (SSSR count). The molecule has 3 amide bonds. The molecule has 30 heteroatoms. The molecule has 0 saturated carbocycles. The number of aryl methyl sites for hydroxylation is 3. The van der Waals surface area contributed by atoms with Gasteiger partial charge in [-0.2, -0.15) is 0 Å². The highest BCUT2D eigenvalue weighted by Crippen LogP contribution is 2.36. The van der Waals surface area contributed by atoms with Crippen molar-refractivity contribution in [1.82, 2.24) is 83.1 Å². The number of aromatic amines is 4. The van der Waals surface area contributed by atoms with Gasteiger partial charge in [-0.05, 0) is 247 Å². The van der Waals surface area contributed by atoms with E-state index in [0.717, 1.165) is 203 Å². The highest BCUT2D eigenvalue weighted by atomic mass is 79.9. The van der Waals surface area contributed by atoms with Crippen molar-refractivity contribution < 1.29 is 41.8 Å². The van der Waals surface area contributed by atoms with Gasteiger partial charge in [0.2, 0.25) is 17.7 Å². The van der Waals surface area contributed by atoms with E-state index in [4.69, 9.17) is 29.2 Å². The molecule has 6 N–H and O–H groups in total. The fraction of sp³-hybridized carbons (Fsp3) is 0.406. The van der Waals surface area contributed by atoms with Crippen LogP contribution in [0.5, 0.6) is 0 Å². The second kappa shape index (κ2) is 48.4. The first kappa shape index (κ1) is 99.6. The summed E-state index contributed by atoms with van der Waals surface area (Å²) in [5.74, 6) is 4.09. The van der Waals surface area contributed by atoms with Gasteiger partial charge in [0.1, 0.15) is 34.9 Å². The van der Waals surface area contributed by atoms with E-state index in [1.807, 2.05) is 90.6 Å². The van der Waals surface area contributed by atoms with Crippen LogP contribution in [0.1, 0.15) is 150 Å². The number of nitrogens with one attached hydrogen (secondary N) is 6. The molecule has 0 spiro atoms. The number of likely N-dealkylation sites (tertiary alicyclic amines) is 3. The maximum Gasteiger partial charge on any atom is 0.331 e. The van der Waals surface area contributed by atoms with Crippen molar-refractivity contribution in [3.63, 3.8) is 0 Å². The number of H-pyrrole nitrogens is 4. The van der Waals surface area contributed by atoms with Crippen LogP contribution in [0.3, 0.4) is 0 Å². The quantitative estimate of drug-likeness (QED) is 0.0214. The van der Waals surface area contributed by atoms with E-state index in [0.29, 0.717) is 96.0 Å². The molecule has 6 atom stereocenters. The summed E-state index contributed by atoms with van der Waals surface area (Å²) in [5, 5.41) is 6.01. The van der Waals surface area contributed by atoms with Gasteiger partial charge in [-0.25, -0.2) is 42.5 Å². The average Bonchev–Trinajstić information content (AvgIpc) is 1.65. The van der Waals surface area contributed by atoms with Crippen LogP contribution in [-0.2, 0) is 67.5 Å². The number of nitrogens with zero attached hydrogens (tertiary/aromatic N) is 11. The Balaban J connectivity index is 0.000000151. The number of methoxy groups -OCH3 is 3. The van der Waals surface area contributed by atoms with E-state index in [-0.39, 0.29) is 70.2 Å². The fourth-order valence-corrected chi connectivity index (χ4v) is 19.3. The van der Waals surface area contributed by atoms with Crippen molar-refractivity contribution in [2.45, 2.75) is 154 Å². The normalized spacial score (nSPS) is 15.8. The number of aromatic nitrogens is 12. The van der Waals surface area contributed by atoms with Crippen molar-refractivity contribution in [3.05, 3.63) is 288 Å². The van der Waals surface area contributed by atoms with Crippen LogP contribution in [0.15, 0.2) is 219 Å². The number of hydrogen-bond acceptors (Lipinski definition) is 14. The number of halogens is 4. The van der Waals surface area contributed by atoms with Gasteiger partial charge in [0, 0.05) is 161 Å². The Hall–Kier alpha value is -12.3. The van der Waals surface area contributed by atoms with Crippen molar-refractivity contribution in [2.24, 2.45) is 17.8 Å².